The van der Waals surface area contributed by atoms with Crippen molar-refractivity contribution in [1.82, 2.24) is 15.2 Å². The maximum atomic E-state index is 13.7. The molecule has 2 atom stereocenters. The fourth-order valence-corrected chi connectivity index (χ4v) is 6.70. The van der Waals surface area contributed by atoms with Crippen LogP contribution in [0.5, 0.6) is 0 Å². The number of aromatic nitrogens is 1. The number of nitrogens with one attached hydrogen (secondary N) is 1. The van der Waals surface area contributed by atoms with E-state index in [0.717, 1.165) is 74.5 Å². The van der Waals surface area contributed by atoms with Crippen molar-refractivity contribution in [2.75, 3.05) is 60.2 Å². The van der Waals surface area contributed by atoms with Crippen molar-refractivity contribution >= 4 is 41.0 Å². The Morgan fingerprint density at radius 3 is 2.56 bits per heavy atom. The molecule has 4 heterocycles. The lowest BCUT2D eigenvalue weighted by atomic mass is 9.94. The molecule has 2 unspecified atom stereocenters. The minimum Gasteiger partial charge on any atom is -0.384 e. The minimum absolute atomic E-state index is 0.0114. The van der Waals surface area contributed by atoms with Crippen molar-refractivity contribution in [2.45, 2.75) is 56.1 Å². The average Bonchev–Trinajstić information content (AvgIpc) is 3.68. The maximum Gasteiger partial charge on any atom is 0.238 e. The van der Waals surface area contributed by atoms with Gasteiger partial charge >= 0.3 is 0 Å². The van der Waals surface area contributed by atoms with Crippen molar-refractivity contribution in [1.29, 1.82) is 0 Å². The number of hydrogen-bond donors (Lipinski definition) is 2. The smallest absolute Gasteiger partial charge is 0.238 e. The van der Waals surface area contributed by atoms with Crippen LogP contribution < -0.4 is 25.8 Å². The Kier molecular flexibility index (Phi) is 6.45. The maximum absolute atomic E-state index is 13.7. The quantitative estimate of drug-likeness (QED) is 0.493. The van der Waals surface area contributed by atoms with Crippen LogP contribution in [0.15, 0.2) is 36.5 Å². The standard InChI is InChI=1S/C29H37N7O3/c1-19-15-33(12-13-35(19)22-16-34(17-22)20-6-8-25(30)32-14-20)23-4-3-5-24-27(23)29(10-11-29)28(39)36(24)21(18-37)7-9-26(38)31-2/h3-6,8,14,18-19,21-22H,7,9-13,15-17H2,1-2H3,(H2,30,32)(H,31,38). The lowest BCUT2D eigenvalue weighted by Gasteiger charge is -2.52. The Balaban J connectivity index is 1.17. The van der Waals surface area contributed by atoms with Gasteiger partial charge in [0.1, 0.15) is 12.1 Å². The monoisotopic (exact) mass is 531 g/mol. The Hall–Kier alpha value is -3.66. The third kappa shape index (κ3) is 4.30. The molecule has 2 amide bonds. The van der Waals surface area contributed by atoms with Crippen LogP contribution in [-0.2, 0) is 19.8 Å². The highest BCUT2D eigenvalue weighted by Gasteiger charge is 2.61. The lowest BCUT2D eigenvalue weighted by molar-refractivity contribution is -0.123. The number of carbonyl (C=O) groups is 3. The molecule has 1 saturated carbocycles. The summed E-state index contributed by atoms with van der Waals surface area (Å²) < 4.78 is 0. The van der Waals surface area contributed by atoms with Crippen LogP contribution in [0.1, 0.15) is 38.2 Å². The molecule has 39 heavy (non-hydrogen) atoms. The highest BCUT2D eigenvalue weighted by Crippen LogP contribution is 2.60. The summed E-state index contributed by atoms with van der Waals surface area (Å²) in [6.07, 6.45) is 4.80. The zero-order valence-corrected chi connectivity index (χ0v) is 22.7. The van der Waals surface area contributed by atoms with Crippen LogP contribution in [0, 0.1) is 0 Å². The molecule has 1 spiro atoms. The number of piperazine rings is 1. The molecule has 206 valence electrons. The molecule has 10 heteroatoms. The van der Waals surface area contributed by atoms with Gasteiger partial charge in [0.2, 0.25) is 11.8 Å². The summed E-state index contributed by atoms with van der Waals surface area (Å²) in [5.74, 6) is 0.420. The van der Waals surface area contributed by atoms with Gasteiger partial charge in [-0.05, 0) is 50.5 Å². The second kappa shape index (κ2) is 9.82. The Bertz CT molecular complexity index is 1270. The molecule has 3 fully saturated rings. The first kappa shape index (κ1) is 25.6. The van der Waals surface area contributed by atoms with E-state index in [1.54, 1.807) is 11.9 Å². The van der Waals surface area contributed by atoms with E-state index in [1.807, 2.05) is 30.5 Å². The number of nitrogens with two attached hydrogens (primary N) is 1. The first-order chi connectivity index (χ1) is 18.9. The number of aldehydes is 1. The van der Waals surface area contributed by atoms with Gasteiger partial charge in [-0.15, -0.1) is 0 Å². The molecule has 1 aliphatic carbocycles. The predicted octanol–water partition coefficient (Wildman–Crippen LogP) is 1.54. The van der Waals surface area contributed by atoms with Gasteiger partial charge in [0.15, 0.2) is 0 Å². The van der Waals surface area contributed by atoms with E-state index in [2.05, 4.69) is 38.0 Å². The molecule has 6 rings (SSSR count). The van der Waals surface area contributed by atoms with E-state index >= 15 is 0 Å². The van der Waals surface area contributed by atoms with Crippen LogP contribution in [0.2, 0.25) is 0 Å². The van der Waals surface area contributed by atoms with Crippen molar-refractivity contribution in [3.8, 4) is 0 Å². The normalized spacial score (nSPS) is 23.0. The van der Waals surface area contributed by atoms with Crippen LogP contribution in [0.4, 0.5) is 22.9 Å². The second-order valence-electron chi connectivity index (χ2n) is 11.4. The number of nitrogens with zero attached hydrogens (tertiary/aromatic N) is 5. The van der Waals surface area contributed by atoms with Crippen LogP contribution in [-0.4, -0.2) is 85.9 Å². The van der Waals surface area contributed by atoms with Crippen LogP contribution in [0.25, 0.3) is 0 Å². The van der Waals surface area contributed by atoms with Gasteiger partial charge in [-0.1, -0.05) is 6.07 Å². The van der Waals surface area contributed by atoms with Gasteiger partial charge in [0.05, 0.1) is 29.0 Å². The summed E-state index contributed by atoms with van der Waals surface area (Å²) in [4.78, 5) is 51.0. The average molecular weight is 532 g/mol. The SMILES string of the molecule is CNC(=O)CCC(C=O)N1C(=O)C2(CC2)c2c(N3CCN(C4CN(c5ccc(N)nc5)C4)C(C)C3)cccc21. The van der Waals surface area contributed by atoms with Gasteiger partial charge in [-0.2, -0.15) is 0 Å². The van der Waals surface area contributed by atoms with E-state index in [9.17, 15) is 14.4 Å². The van der Waals surface area contributed by atoms with Gasteiger partial charge in [-0.3, -0.25) is 14.5 Å². The molecule has 3 N–H and O–H groups in total. The third-order valence-electron chi connectivity index (χ3n) is 9.06. The Morgan fingerprint density at radius 2 is 1.92 bits per heavy atom. The summed E-state index contributed by atoms with van der Waals surface area (Å²) in [5.41, 5.74) is 9.35. The molecule has 2 saturated heterocycles. The van der Waals surface area contributed by atoms with Gasteiger partial charge < -0.3 is 30.5 Å². The highest BCUT2D eigenvalue weighted by molar-refractivity contribution is 6.13. The van der Waals surface area contributed by atoms with E-state index in [1.165, 1.54) is 0 Å². The fourth-order valence-electron chi connectivity index (χ4n) is 6.70. The number of rotatable bonds is 8. The van der Waals surface area contributed by atoms with Crippen LogP contribution in [0.3, 0.4) is 0 Å². The number of pyridine rings is 1. The summed E-state index contributed by atoms with van der Waals surface area (Å²) in [6, 6.07) is 10.2. The number of amides is 2. The largest absolute Gasteiger partial charge is 0.384 e. The third-order valence-corrected chi connectivity index (χ3v) is 9.06. The first-order valence-electron chi connectivity index (χ1n) is 14.0. The number of fused-ring (bicyclic) bond motifs is 2. The molecule has 1 aromatic heterocycles. The zero-order chi connectivity index (χ0) is 27.3. The molecule has 2 aromatic rings. The predicted molar refractivity (Wildman–Crippen MR) is 151 cm³/mol. The van der Waals surface area contributed by atoms with Crippen molar-refractivity contribution < 1.29 is 14.4 Å². The van der Waals surface area contributed by atoms with Crippen molar-refractivity contribution in [3.05, 3.63) is 42.1 Å². The number of nitrogen functional groups attached to an aromatic ring is 1. The summed E-state index contributed by atoms with van der Waals surface area (Å²) in [6.45, 7) is 6.97. The lowest BCUT2D eigenvalue weighted by Crippen LogP contribution is -2.66. The summed E-state index contributed by atoms with van der Waals surface area (Å²) in [7, 11) is 1.58. The second-order valence-corrected chi connectivity index (χ2v) is 11.4. The fraction of sp³-hybridized carbons (Fsp3) is 0.517. The number of benzene rings is 1. The Morgan fingerprint density at radius 1 is 1.15 bits per heavy atom. The van der Waals surface area contributed by atoms with E-state index in [4.69, 9.17) is 5.73 Å². The molecular formula is C29H37N7O3. The minimum atomic E-state index is -0.641. The van der Waals surface area contributed by atoms with E-state index < -0.39 is 11.5 Å². The van der Waals surface area contributed by atoms with Gasteiger partial charge in [0.25, 0.3) is 0 Å². The molecule has 1 aromatic carbocycles. The number of carbonyl (C=O) groups excluding carboxylic acids is 3. The van der Waals surface area contributed by atoms with Crippen molar-refractivity contribution in [3.63, 3.8) is 0 Å². The van der Waals surface area contributed by atoms with Crippen LogP contribution >= 0.6 is 0 Å². The summed E-state index contributed by atoms with van der Waals surface area (Å²) >= 11 is 0. The van der Waals surface area contributed by atoms with E-state index in [0.29, 0.717) is 24.3 Å². The van der Waals surface area contributed by atoms with Crippen molar-refractivity contribution in [2.24, 2.45) is 0 Å². The number of hydrogen-bond acceptors (Lipinski definition) is 8. The molecule has 4 aliphatic rings. The molecule has 10 nitrogen and oxygen atoms in total. The highest BCUT2D eigenvalue weighted by atomic mass is 16.2. The Labute approximate surface area is 229 Å². The topological polar surface area (TPSA) is 115 Å². The molecule has 3 aliphatic heterocycles. The molecular weight excluding hydrogens is 494 g/mol. The zero-order valence-electron chi connectivity index (χ0n) is 22.7. The molecule has 0 bridgehead atoms. The molecule has 0 radical (unpaired) electrons. The number of anilines is 4. The van der Waals surface area contributed by atoms with Gasteiger partial charge in [-0.25, -0.2) is 4.98 Å². The first-order valence-corrected chi connectivity index (χ1v) is 14.0. The summed E-state index contributed by atoms with van der Waals surface area (Å²) in [5, 5.41) is 2.60. The van der Waals surface area contributed by atoms with Gasteiger partial charge in [0, 0.05) is 69.5 Å². The van der Waals surface area contributed by atoms with E-state index in [-0.39, 0.29) is 18.2 Å².